The molecule has 0 bridgehead atoms. The van der Waals surface area contributed by atoms with Gasteiger partial charge in [-0.2, -0.15) is 0 Å². The first kappa shape index (κ1) is 26.3. The number of benzene rings is 2. The Morgan fingerprint density at radius 3 is 2.64 bits per heavy atom. The summed E-state index contributed by atoms with van der Waals surface area (Å²) in [5, 5.41) is 14.5. The second kappa shape index (κ2) is 10.4. The van der Waals surface area contributed by atoms with E-state index in [1.54, 1.807) is 16.5 Å². The summed E-state index contributed by atoms with van der Waals surface area (Å²) in [5.41, 5.74) is 10.1. The molecule has 42 heavy (non-hydrogen) atoms. The monoisotopic (exact) mass is 580 g/mol. The molecule has 0 amide bonds. The van der Waals surface area contributed by atoms with Gasteiger partial charge < -0.3 is 15.8 Å². The van der Waals surface area contributed by atoms with E-state index in [-0.39, 0.29) is 46.5 Å². The zero-order chi connectivity index (χ0) is 29.0. The number of fused-ring (bicyclic) bond motifs is 1. The number of nitrogens with zero attached hydrogens (tertiary/aromatic N) is 3. The molecule has 2 aromatic carbocycles. The predicted octanol–water partition coefficient (Wildman–Crippen LogP) is 6.37. The second-order valence-corrected chi connectivity index (χ2v) is 11.9. The van der Waals surface area contributed by atoms with Gasteiger partial charge >= 0.3 is 0 Å². The summed E-state index contributed by atoms with van der Waals surface area (Å²) in [6.07, 6.45) is 5.22. The van der Waals surface area contributed by atoms with Crippen LogP contribution in [0.25, 0.3) is 16.0 Å². The third-order valence-corrected chi connectivity index (χ3v) is 8.86. The maximum Gasteiger partial charge on any atom is 0.264 e. The van der Waals surface area contributed by atoms with Crippen molar-refractivity contribution in [1.82, 2.24) is 14.4 Å². The van der Waals surface area contributed by atoms with Crippen LogP contribution in [0.4, 0.5) is 16.0 Å². The second-order valence-electron chi connectivity index (χ2n) is 11.0. The number of pyridine rings is 1. The average Bonchev–Trinajstić information content (AvgIpc) is 3.92. The zero-order valence-corrected chi connectivity index (χ0v) is 23.7. The number of rotatable bonds is 9. The highest BCUT2D eigenvalue weighted by Gasteiger charge is 2.36. The topological polar surface area (TPSA) is 118 Å². The number of halogens is 1. The first-order chi connectivity index (χ1) is 20.4. The van der Waals surface area contributed by atoms with E-state index in [0.717, 1.165) is 47.3 Å². The molecule has 0 spiro atoms. The highest BCUT2D eigenvalue weighted by Crippen LogP contribution is 2.46. The van der Waals surface area contributed by atoms with Crippen LogP contribution >= 0.6 is 11.3 Å². The van der Waals surface area contributed by atoms with Crippen molar-refractivity contribution in [3.63, 3.8) is 0 Å². The molecule has 3 aromatic heterocycles. The van der Waals surface area contributed by atoms with Gasteiger partial charge in [0.25, 0.3) is 5.56 Å². The molecule has 3 heterocycles. The minimum Gasteiger partial charge on any atom is -0.487 e. The standard InChI is InChI=1S/C32H29FN6O2S/c1-17-15-42-25-14-22(26(32(40)39(17)25)18-5-3-2-4-6-18)29(19-7-8-19)38-31-27(30(35)36-16-37-31)28(34)20-9-12-24(23(33)13-20)41-21-10-11-21/h2-6,9,12-16,19,21,29,34H,7-8,10-11H2,1H3,(H3,35,36,37,38)/t29-/m0/s1. The molecular formula is C32H29FN6O2S. The van der Waals surface area contributed by atoms with Crippen LogP contribution in [0.5, 0.6) is 5.75 Å². The van der Waals surface area contributed by atoms with E-state index in [0.29, 0.717) is 16.9 Å². The Morgan fingerprint density at radius 1 is 1.14 bits per heavy atom. The van der Waals surface area contributed by atoms with Gasteiger partial charge in [0.2, 0.25) is 0 Å². The molecule has 0 saturated heterocycles. The molecule has 2 saturated carbocycles. The summed E-state index contributed by atoms with van der Waals surface area (Å²) in [6, 6.07) is 16.0. The number of nitrogen functional groups attached to an aromatic ring is 1. The molecule has 2 aliphatic carbocycles. The molecule has 5 aromatic rings. The fourth-order valence-corrected chi connectivity index (χ4v) is 6.33. The summed E-state index contributed by atoms with van der Waals surface area (Å²) >= 11 is 1.53. The number of thiazole rings is 1. The maximum absolute atomic E-state index is 14.9. The van der Waals surface area contributed by atoms with Crippen molar-refractivity contribution >= 4 is 33.5 Å². The Bertz CT molecular complexity index is 1900. The summed E-state index contributed by atoms with van der Waals surface area (Å²) in [7, 11) is 0. The molecular weight excluding hydrogens is 551 g/mol. The van der Waals surface area contributed by atoms with Crippen molar-refractivity contribution < 1.29 is 9.13 Å². The van der Waals surface area contributed by atoms with Crippen LogP contribution in [-0.4, -0.2) is 26.2 Å². The lowest BCUT2D eigenvalue weighted by molar-refractivity contribution is 0.287. The minimum absolute atomic E-state index is 0.00490. The average molecular weight is 581 g/mol. The van der Waals surface area contributed by atoms with E-state index < -0.39 is 5.82 Å². The van der Waals surface area contributed by atoms with E-state index in [2.05, 4.69) is 21.4 Å². The molecule has 0 unspecified atom stereocenters. The third kappa shape index (κ3) is 4.81. The number of nitrogens with two attached hydrogens (primary N) is 1. The summed E-state index contributed by atoms with van der Waals surface area (Å²) in [5.74, 6) is 0.378. The van der Waals surface area contributed by atoms with Gasteiger partial charge in [-0.3, -0.25) is 14.6 Å². The smallest absolute Gasteiger partial charge is 0.264 e. The summed E-state index contributed by atoms with van der Waals surface area (Å²) in [6.45, 7) is 1.94. The van der Waals surface area contributed by atoms with Crippen LogP contribution < -0.4 is 21.3 Å². The van der Waals surface area contributed by atoms with Crippen LogP contribution in [-0.2, 0) is 0 Å². The molecule has 1 atom stereocenters. The van der Waals surface area contributed by atoms with E-state index >= 15 is 0 Å². The highest BCUT2D eigenvalue weighted by atomic mass is 32.1. The van der Waals surface area contributed by atoms with Crippen molar-refractivity contribution in [1.29, 1.82) is 5.41 Å². The van der Waals surface area contributed by atoms with Gasteiger partial charge in [0.05, 0.1) is 29.0 Å². The molecule has 0 aliphatic heterocycles. The van der Waals surface area contributed by atoms with Crippen LogP contribution in [0.3, 0.4) is 0 Å². The van der Waals surface area contributed by atoms with Crippen LogP contribution in [0.2, 0.25) is 0 Å². The number of hydrogen-bond acceptors (Lipinski definition) is 8. The molecule has 8 nitrogen and oxygen atoms in total. The van der Waals surface area contributed by atoms with E-state index in [1.807, 2.05) is 42.6 Å². The maximum atomic E-state index is 14.9. The van der Waals surface area contributed by atoms with Gasteiger partial charge in [-0.05, 0) is 73.9 Å². The van der Waals surface area contributed by atoms with E-state index in [1.165, 1.54) is 23.7 Å². The van der Waals surface area contributed by atoms with Gasteiger partial charge in [-0.25, -0.2) is 14.4 Å². The van der Waals surface area contributed by atoms with Crippen LogP contribution in [0.15, 0.2) is 71.1 Å². The van der Waals surface area contributed by atoms with Crippen molar-refractivity contribution in [2.45, 2.75) is 44.8 Å². The van der Waals surface area contributed by atoms with Gasteiger partial charge in [0, 0.05) is 16.6 Å². The molecule has 4 N–H and O–H groups in total. The van der Waals surface area contributed by atoms with Crippen LogP contribution in [0.1, 0.15) is 54.1 Å². The number of nitrogens with one attached hydrogen (secondary N) is 2. The van der Waals surface area contributed by atoms with Gasteiger partial charge in [-0.1, -0.05) is 30.3 Å². The lowest BCUT2D eigenvalue weighted by atomic mass is 9.93. The lowest BCUT2D eigenvalue weighted by Crippen LogP contribution is -2.24. The first-order valence-electron chi connectivity index (χ1n) is 14.0. The Balaban J connectivity index is 1.31. The SMILES string of the molecule is Cc1csc2cc([C@@H](Nc3ncnc(N)c3C(=N)c3ccc(OC4CC4)c(F)c3)C3CC3)c(-c3ccccc3)c(=O)n12. The lowest BCUT2D eigenvalue weighted by Gasteiger charge is -2.24. The molecule has 0 radical (unpaired) electrons. The Morgan fingerprint density at radius 2 is 1.93 bits per heavy atom. The molecule has 7 rings (SSSR count). The summed E-state index contributed by atoms with van der Waals surface area (Å²) in [4.78, 5) is 23.5. The Hall–Kier alpha value is -4.57. The zero-order valence-electron chi connectivity index (χ0n) is 22.9. The Labute approximate surface area is 245 Å². The molecule has 212 valence electrons. The normalized spacial score (nSPS) is 15.5. The van der Waals surface area contributed by atoms with Gasteiger partial charge in [0.15, 0.2) is 11.6 Å². The first-order valence-corrected chi connectivity index (χ1v) is 14.9. The number of ether oxygens (including phenoxy) is 1. The van der Waals surface area contributed by atoms with Crippen molar-refractivity contribution in [2.24, 2.45) is 5.92 Å². The largest absolute Gasteiger partial charge is 0.487 e. The minimum atomic E-state index is -0.530. The fraction of sp³-hybridized carbons (Fsp3) is 0.250. The fourth-order valence-electron chi connectivity index (χ4n) is 5.41. The van der Waals surface area contributed by atoms with Crippen molar-refractivity contribution in [3.05, 3.63) is 105 Å². The number of aromatic nitrogens is 3. The van der Waals surface area contributed by atoms with Crippen LogP contribution in [0, 0.1) is 24.1 Å². The number of hydrogen-bond donors (Lipinski definition) is 3. The molecule has 10 heteroatoms. The third-order valence-electron chi connectivity index (χ3n) is 7.86. The van der Waals surface area contributed by atoms with Gasteiger partial charge in [0.1, 0.15) is 22.8 Å². The molecule has 2 fully saturated rings. The van der Waals surface area contributed by atoms with Crippen molar-refractivity contribution in [2.75, 3.05) is 11.1 Å². The quantitative estimate of drug-likeness (QED) is 0.174. The van der Waals surface area contributed by atoms with Crippen molar-refractivity contribution in [3.8, 4) is 16.9 Å². The predicted molar refractivity (Wildman–Crippen MR) is 163 cm³/mol. The highest BCUT2D eigenvalue weighted by molar-refractivity contribution is 7.15. The summed E-state index contributed by atoms with van der Waals surface area (Å²) < 4.78 is 22.3. The number of aryl methyl sites for hydroxylation is 1. The van der Waals surface area contributed by atoms with E-state index in [4.69, 9.17) is 15.9 Å². The molecule has 2 aliphatic rings. The van der Waals surface area contributed by atoms with E-state index in [9.17, 15) is 9.18 Å². The van der Waals surface area contributed by atoms with Gasteiger partial charge in [-0.15, -0.1) is 11.3 Å². The Kier molecular flexibility index (Phi) is 6.50. The number of anilines is 2.